The predicted octanol–water partition coefficient (Wildman–Crippen LogP) is 3.80. The van der Waals surface area contributed by atoms with E-state index >= 15 is 0 Å². The highest BCUT2D eigenvalue weighted by Gasteiger charge is 2.32. The first-order valence-electron chi connectivity index (χ1n) is 7.36. The number of ether oxygens (including phenoxy) is 2. The molecule has 0 radical (unpaired) electrons. The minimum atomic E-state index is 0.0693. The van der Waals surface area contributed by atoms with E-state index in [-0.39, 0.29) is 17.6 Å². The molecule has 0 bridgehead atoms. The van der Waals surface area contributed by atoms with Crippen molar-refractivity contribution in [3.05, 3.63) is 29.8 Å². The van der Waals surface area contributed by atoms with Gasteiger partial charge in [0.1, 0.15) is 5.75 Å². The monoisotopic (exact) mass is 279 g/mol. The third kappa shape index (κ3) is 4.50. The summed E-state index contributed by atoms with van der Waals surface area (Å²) in [5, 5.41) is 3.37. The van der Waals surface area contributed by atoms with Gasteiger partial charge in [0.25, 0.3) is 0 Å². The maximum absolute atomic E-state index is 5.72. The van der Waals surface area contributed by atoms with Gasteiger partial charge in [0.05, 0.1) is 18.8 Å². The zero-order valence-corrected chi connectivity index (χ0v) is 13.7. The Morgan fingerprint density at radius 1 is 1.15 bits per heavy atom. The summed E-state index contributed by atoms with van der Waals surface area (Å²) >= 11 is 0. The van der Waals surface area contributed by atoms with Crippen LogP contribution in [0.3, 0.4) is 0 Å². The molecule has 1 aromatic carbocycles. The normalized spacial score (nSPS) is 14.9. The Kier molecular flexibility index (Phi) is 6.50. The Morgan fingerprint density at radius 2 is 1.75 bits per heavy atom. The van der Waals surface area contributed by atoms with Crippen LogP contribution in [-0.4, -0.2) is 26.9 Å². The Balaban J connectivity index is 2.89. The third-order valence-corrected chi connectivity index (χ3v) is 3.43. The van der Waals surface area contributed by atoms with Gasteiger partial charge in [-0.1, -0.05) is 39.8 Å². The molecule has 0 heterocycles. The van der Waals surface area contributed by atoms with Gasteiger partial charge in [-0.25, -0.2) is 0 Å². The lowest BCUT2D eigenvalue weighted by atomic mass is 9.82. The Bertz CT molecular complexity index is 381. The molecule has 0 aromatic heterocycles. The van der Waals surface area contributed by atoms with E-state index in [1.165, 1.54) is 5.56 Å². The zero-order valence-electron chi connectivity index (χ0n) is 13.7. The summed E-state index contributed by atoms with van der Waals surface area (Å²) in [4.78, 5) is 0. The third-order valence-electron chi connectivity index (χ3n) is 3.43. The van der Waals surface area contributed by atoms with Crippen LogP contribution >= 0.6 is 0 Å². The number of rotatable bonds is 7. The zero-order chi connectivity index (χ0) is 15.2. The molecular weight excluding hydrogens is 250 g/mol. The molecule has 1 N–H and O–H groups in total. The topological polar surface area (TPSA) is 30.5 Å². The van der Waals surface area contributed by atoms with Gasteiger partial charge in [0.2, 0.25) is 0 Å². The van der Waals surface area contributed by atoms with Gasteiger partial charge in [-0.05, 0) is 36.6 Å². The smallest absolute Gasteiger partial charge is 0.119 e. The molecule has 0 aliphatic heterocycles. The van der Waals surface area contributed by atoms with Crippen LogP contribution in [0.2, 0.25) is 0 Å². The second kappa shape index (κ2) is 7.65. The highest BCUT2D eigenvalue weighted by atomic mass is 16.5. The molecule has 114 valence electrons. The van der Waals surface area contributed by atoms with E-state index in [0.29, 0.717) is 0 Å². The minimum absolute atomic E-state index is 0.0693. The summed E-state index contributed by atoms with van der Waals surface area (Å²) in [6, 6.07) is 8.46. The summed E-state index contributed by atoms with van der Waals surface area (Å²) in [5.41, 5.74) is 1.29. The number of hydrogen-bond donors (Lipinski definition) is 1. The summed E-state index contributed by atoms with van der Waals surface area (Å²) < 4.78 is 11.3. The van der Waals surface area contributed by atoms with Crippen molar-refractivity contribution in [2.24, 2.45) is 5.41 Å². The first-order valence-corrected chi connectivity index (χ1v) is 7.36. The van der Waals surface area contributed by atoms with Crippen LogP contribution in [0.25, 0.3) is 0 Å². The highest BCUT2D eigenvalue weighted by Crippen LogP contribution is 2.32. The minimum Gasteiger partial charge on any atom is -0.494 e. The molecule has 1 rings (SSSR count). The second-order valence-corrected chi connectivity index (χ2v) is 6.21. The quantitative estimate of drug-likeness (QED) is 0.823. The van der Waals surface area contributed by atoms with Crippen LogP contribution in [0.4, 0.5) is 0 Å². The molecule has 0 aliphatic rings. The summed E-state index contributed by atoms with van der Waals surface area (Å²) in [5.74, 6) is 0.926. The lowest BCUT2D eigenvalue weighted by Gasteiger charge is -2.36. The fourth-order valence-corrected chi connectivity index (χ4v) is 2.47. The van der Waals surface area contributed by atoms with E-state index in [1.807, 2.05) is 19.2 Å². The maximum atomic E-state index is 5.72. The molecule has 0 spiro atoms. The van der Waals surface area contributed by atoms with E-state index < -0.39 is 0 Å². The Morgan fingerprint density at radius 3 is 2.15 bits per heavy atom. The van der Waals surface area contributed by atoms with E-state index in [2.05, 4.69) is 45.1 Å². The Hall–Kier alpha value is -1.06. The summed E-state index contributed by atoms with van der Waals surface area (Å²) in [7, 11) is 3.75. The average molecular weight is 279 g/mol. The lowest BCUT2D eigenvalue weighted by Crippen LogP contribution is -2.40. The van der Waals surface area contributed by atoms with Crippen LogP contribution in [0.1, 0.15) is 45.7 Å². The van der Waals surface area contributed by atoms with Gasteiger partial charge >= 0.3 is 0 Å². The molecule has 20 heavy (non-hydrogen) atoms. The van der Waals surface area contributed by atoms with Gasteiger partial charge in [-0.15, -0.1) is 0 Å². The van der Waals surface area contributed by atoms with Crippen molar-refractivity contribution in [3.8, 4) is 5.75 Å². The van der Waals surface area contributed by atoms with Crippen molar-refractivity contribution in [2.75, 3.05) is 20.8 Å². The van der Waals surface area contributed by atoms with Crippen LogP contribution in [-0.2, 0) is 4.74 Å². The maximum Gasteiger partial charge on any atom is 0.119 e. The molecule has 0 fully saturated rings. The van der Waals surface area contributed by atoms with Crippen LogP contribution in [0, 0.1) is 5.41 Å². The van der Waals surface area contributed by atoms with Crippen molar-refractivity contribution in [1.82, 2.24) is 5.32 Å². The molecular formula is C17H29NO2. The largest absolute Gasteiger partial charge is 0.494 e. The standard InChI is InChI=1S/C17H29NO2/c1-7-12-20-14-10-8-13(9-11-14)15(18-5)16(19-6)17(2,3)4/h8-11,15-16,18H,7,12H2,1-6H3. The van der Waals surface area contributed by atoms with Gasteiger partial charge < -0.3 is 14.8 Å². The summed E-state index contributed by atoms with van der Waals surface area (Å²) in [6.07, 6.45) is 1.13. The molecule has 3 heteroatoms. The molecule has 0 amide bonds. The first kappa shape index (κ1) is 17.0. The summed E-state index contributed by atoms with van der Waals surface area (Å²) in [6.45, 7) is 9.47. The van der Waals surface area contributed by atoms with Crippen LogP contribution in [0.5, 0.6) is 5.75 Å². The molecule has 2 unspecified atom stereocenters. The van der Waals surface area contributed by atoms with Crippen molar-refractivity contribution in [1.29, 1.82) is 0 Å². The van der Waals surface area contributed by atoms with Gasteiger partial charge in [0, 0.05) is 7.11 Å². The van der Waals surface area contributed by atoms with E-state index in [9.17, 15) is 0 Å². The molecule has 0 aliphatic carbocycles. The second-order valence-electron chi connectivity index (χ2n) is 6.21. The molecule has 1 aromatic rings. The SMILES string of the molecule is CCCOc1ccc(C(NC)C(OC)C(C)(C)C)cc1. The number of nitrogens with one attached hydrogen (secondary N) is 1. The fraction of sp³-hybridized carbons (Fsp3) is 0.647. The van der Waals surface area contributed by atoms with Gasteiger partial charge in [-0.3, -0.25) is 0 Å². The first-order chi connectivity index (χ1) is 9.43. The molecule has 2 atom stereocenters. The number of likely N-dealkylation sites (N-methyl/N-ethyl adjacent to an activating group) is 1. The molecule has 0 saturated heterocycles. The van der Waals surface area contributed by atoms with Crippen LogP contribution < -0.4 is 10.1 Å². The fourth-order valence-electron chi connectivity index (χ4n) is 2.47. The van der Waals surface area contributed by atoms with Crippen molar-refractivity contribution >= 4 is 0 Å². The van der Waals surface area contributed by atoms with Gasteiger partial charge in [0.15, 0.2) is 0 Å². The number of benzene rings is 1. The van der Waals surface area contributed by atoms with Crippen molar-refractivity contribution in [2.45, 2.75) is 46.3 Å². The van der Waals surface area contributed by atoms with Gasteiger partial charge in [-0.2, -0.15) is 0 Å². The van der Waals surface area contributed by atoms with E-state index in [4.69, 9.17) is 9.47 Å². The molecule has 3 nitrogen and oxygen atoms in total. The molecule has 0 saturated carbocycles. The van der Waals surface area contributed by atoms with E-state index in [0.717, 1.165) is 18.8 Å². The van der Waals surface area contributed by atoms with Crippen LogP contribution in [0.15, 0.2) is 24.3 Å². The number of methoxy groups -OCH3 is 1. The number of hydrogen-bond acceptors (Lipinski definition) is 3. The Labute approximate surface area is 123 Å². The van der Waals surface area contributed by atoms with Crippen molar-refractivity contribution in [3.63, 3.8) is 0 Å². The highest BCUT2D eigenvalue weighted by molar-refractivity contribution is 5.30. The predicted molar refractivity (Wildman–Crippen MR) is 84.3 cm³/mol. The lowest BCUT2D eigenvalue weighted by molar-refractivity contribution is -0.0101. The van der Waals surface area contributed by atoms with E-state index in [1.54, 1.807) is 7.11 Å². The van der Waals surface area contributed by atoms with Crippen molar-refractivity contribution < 1.29 is 9.47 Å². The average Bonchev–Trinajstić information content (AvgIpc) is 2.41.